The molecule has 0 amide bonds. The molecule has 1 aliphatic heterocycles. The summed E-state index contributed by atoms with van der Waals surface area (Å²) in [4.78, 5) is 15.4. The molecule has 0 unspecified atom stereocenters. The Kier molecular flexibility index (Phi) is 4.18. The largest absolute Gasteiger partial charge is 0.463 e. The van der Waals surface area contributed by atoms with Crippen molar-refractivity contribution in [2.24, 2.45) is 0 Å². The smallest absolute Gasteiger partial charge is 0.374 e. The van der Waals surface area contributed by atoms with Crippen LogP contribution in [0.1, 0.15) is 35.0 Å². The van der Waals surface area contributed by atoms with Crippen LogP contribution in [-0.4, -0.2) is 37.3 Å². The zero-order valence-electron chi connectivity index (χ0n) is 12.5. The molecular formula is C15H16N2O5S. The number of ether oxygens (including phenoxy) is 1. The van der Waals surface area contributed by atoms with E-state index in [0.717, 1.165) is 18.4 Å². The Morgan fingerprint density at radius 3 is 2.74 bits per heavy atom. The first kappa shape index (κ1) is 15.7. The highest BCUT2D eigenvalue weighted by Crippen LogP contribution is 2.36. The maximum absolute atomic E-state index is 12.8. The van der Waals surface area contributed by atoms with Crippen LogP contribution in [-0.2, 0) is 14.8 Å². The van der Waals surface area contributed by atoms with Gasteiger partial charge >= 0.3 is 5.97 Å². The minimum Gasteiger partial charge on any atom is -0.463 e. The van der Waals surface area contributed by atoms with E-state index in [9.17, 15) is 13.2 Å². The molecule has 0 aromatic carbocycles. The summed E-state index contributed by atoms with van der Waals surface area (Å²) in [7, 11) is -2.61. The second-order valence-corrected chi connectivity index (χ2v) is 6.99. The monoisotopic (exact) mass is 336 g/mol. The Morgan fingerprint density at radius 2 is 2.04 bits per heavy atom. The van der Waals surface area contributed by atoms with Crippen LogP contribution in [0.3, 0.4) is 0 Å². The highest BCUT2D eigenvalue weighted by Gasteiger charge is 2.38. The molecule has 0 bridgehead atoms. The maximum atomic E-state index is 12.8. The molecule has 0 radical (unpaired) electrons. The van der Waals surface area contributed by atoms with E-state index in [1.54, 1.807) is 24.5 Å². The van der Waals surface area contributed by atoms with Gasteiger partial charge in [0.15, 0.2) is 0 Å². The van der Waals surface area contributed by atoms with Crippen LogP contribution >= 0.6 is 0 Å². The van der Waals surface area contributed by atoms with Gasteiger partial charge in [-0.25, -0.2) is 13.2 Å². The highest BCUT2D eigenvalue weighted by atomic mass is 32.2. The fraction of sp³-hybridized carbons (Fsp3) is 0.333. The zero-order valence-corrected chi connectivity index (χ0v) is 13.3. The number of sulfonamides is 1. The van der Waals surface area contributed by atoms with Crippen LogP contribution in [0.4, 0.5) is 0 Å². The average molecular weight is 336 g/mol. The number of aromatic nitrogens is 1. The van der Waals surface area contributed by atoms with Gasteiger partial charge in [0.05, 0.1) is 13.2 Å². The number of hydrogen-bond donors (Lipinski definition) is 0. The quantitative estimate of drug-likeness (QED) is 0.793. The number of hydrogen-bond acceptors (Lipinski definition) is 6. The average Bonchev–Trinajstić information content (AvgIpc) is 3.24. The third-order valence-corrected chi connectivity index (χ3v) is 5.61. The fourth-order valence-corrected chi connectivity index (χ4v) is 4.33. The predicted molar refractivity (Wildman–Crippen MR) is 80.2 cm³/mol. The van der Waals surface area contributed by atoms with Gasteiger partial charge in [-0.2, -0.15) is 4.31 Å². The highest BCUT2D eigenvalue weighted by molar-refractivity contribution is 7.89. The number of carbonyl (C=O) groups excluding carboxylic acids is 1. The summed E-state index contributed by atoms with van der Waals surface area (Å²) in [5.74, 6) is -0.843. The Morgan fingerprint density at radius 1 is 1.30 bits per heavy atom. The van der Waals surface area contributed by atoms with E-state index in [2.05, 4.69) is 9.72 Å². The van der Waals surface area contributed by atoms with Gasteiger partial charge in [-0.1, -0.05) is 0 Å². The lowest BCUT2D eigenvalue weighted by Crippen LogP contribution is -2.30. The van der Waals surface area contributed by atoms with Gasteiger partial charge < -0.3 is 9.15 Å². The van der Waals surface area contributed by atoms with E-state index < -0.39 is 16.0 Å². The van der Waals surface area contributed by atoms with E-state index in [4.69, 9.17) is 4.42 Å². The molecule has 23 heavy (non-hydrogen) atoms. The van der Waals surface area contributed by atoms with Gasteiger partial charge in [0.1, 0.15) is 0 Å². The maximum Gasteiger partial charge on any atom is 0.374 e. The summed E-state index contributed by atoms with van der Waals surface area (Å²) in [5, 5.41) is -0.251. The predicted octanol–water partition coefficient (Wildman–Crippen LogP) is 1.99. The van der Waals surface area contributed by atoms with Crippen LogP contribution in [0.15, 0.2) is 46.2 Å². The van der Waals surface area contributed by atoms with Crippen LogP contribution < -0.4 is 0 Å². The van der Waals surface area contributed by atoms with E-state index in [1.807, 2.05) is 0 Å². The minimum atomic E-state index is -3.82. The van der Waals surface area contributed by atoms with Gasteiger partial charge in [0.25, 0.3) is 10.0 Å². The first-order valence-electron chi connectivity index (χ1n) is 7.14. The molecule has 1 saturated heterocycles. The number of nitrogens with zero attached hydrogens (tertiary/aromatic N) is 2. The second kappa shape index (κ2) is 6.13. The first-order valence-corrected chi connectivity index (χ1v) is 8.58. The lowest BCUT2D eigenvalue weighted by molar-refractivity contribution is 0.0558. The van der Waals surface area contributed by atoms with E-state index >= 15 is 0 Å². The zero-order chi connectivity index (χ0) is 16.4. The SMILES string of the molecule is COC(=O)c1ccc(S(=O)(=O)N2CCC[C@@H]2c2ccncc2)o1. The summed E-state index contributed by atoms with van der Waals surface area (Å²) in [5.41, 5.74) is 0.890. The molecule has 1 atom stereocenters. The molecular weight excluding hydrogens is 320 g/mol. The van der Waals surface area contributed by atoms with Crippen LogP contribution in [0.2, 0.25) is 0 Å². The van der Waals surface area contributed by atoms with Crippen molar-refractivity contribution in [3.8, 4) is 0 Å². The van der Waals surface area contributed by atoms with Crippen molar-refractivity contribution in [1.82, 2.24) is 9.29 Å². The van der Waals surface area contributed by atoms with Gasteiger partial charge in [-0.05, 0) is 42.7 Å². The third-order valence-electron chi connectivity index (χ3n) is 3.83. The fourth-order valence-electron chi connectivity index (χ4n) is 2.73. The molecule has 1 aliphatic rings. The van der Waals surface area contributed by atoms with Crippen molar-refractivity contribution in [2.75, 3.05) is 13.7 Å². The number of esters is 1. The Hall–Kier alpha value is -2.19. The van der Waals surface area contributed by atoms with Gasteiger partial charge in [0, 0.05) is 18.9 Å². The molecule has 0 aliphatic carbocycles. The Balaban J connectivity index is 1.92. The molecule has 7 nitrogen and oxygen atoms in total. The van der Waals surface area contributed by atoms with Crippen LogP contribution in [0.25, 0.3) is 0 Å². The Labute approximate surface area is 133 Å². The molecule has 1 fully saturated rings. The number of carbonyl (C=O) groups is 1. The lowest BCUT2D eigenvalue weighted by atomic mass is 10.1. The van der Waals surface area contributed by atoms with E-state index in [1.165, 1.54) is 23.5 Å². The molecule has 0 N–H and O–H groups in total. The summed E-state index contributed by atoms with van der Waals surface area (Å²) in [6.07, 6.45) is 4.77. The van der Waals surface area contributed by atoms with Gasteiger partial charge in [0.2, 0.25) is 10.9 Å². The molecule has 122 valence electrons. The normalized spacial score (nSPS) is 18.9. The van der Waals surface area contributed by atoms with Gasteiger partial charge in [-0.15, -0.1) is 0 Å². The van der Waals surface area contributed by atoms with E-state index in [0.29, 0.717) is 6.54 Å². The topological polar surface area (TPSA) is 89.7 Å². The van der Waals surface area contributed by atoms with Crippen molar-refractivity contribution in [3.63, 3.8) is 0 Å². The van der Waals surface area contributed by atoms with Crippen molar-refractivity contribution >= 4 is 16.0 Å². The number of rotatable bonds is 4. The number of methoxy groups -OCH3 is 1. The number of pyridine rings is 1. The molecule has 2 aromatic heterocycles. The standard InChI is InChI=1S/C15H16N2O5S/c1-21-15(18)13-4-5-14(22-13)23(19,20)17-10-2-3-12(17)11-6-8-16-9-7-11/h4-9,12H,2-3,10H2,1H3/t12-/m1/s1. The third kappa shape index (κ3) is 2.87. The second-order valence-electron chi connectivity index (χ2n) is 5.16. The molecule has 0 spiro atoms. The molecule has 8 heteroatoms. The first-order chi connectivity index (χ1) is 11.0. The van der Waals surface area contributed by atoms with E-state index in [-0.39, 0.29) is 16.9 Å². The minimum absolute atomic E-state index is 0.134. The van der Waals surface area contributed by atoms with Gasteiger partial charge in [-0.3, -0.25) is 4.98 Å². The molecule has 2 aromatic rings. The Bertz CT molecular complexity index is 800. The molecule has 3 heterocycles. The molecule has 0 saturated carbocycles. The lowest BCUT2D eigenvalue weighted by Gasteiger charge is -2.23. The van der Waals surface area contributed by atoms with Crippen molar-refractivity contribution in [3.05, 3.63) is 48.0 Å². The summed E-state index contributed by atoms with van der Waals surface area (Å²) in [6, 6.07) is 5.94. The van der Waals surface area contributed by atoms with Crippen LogP contribution in [0, 0.1) is 0 Å². The molecule has 3 rings (SSSR count). The summed E-state index contributed by atoms with van der Waals surface area (Å²) < 4.78 is 36.7. The van der Waals surface area contributed by atoms with Crippen LogP contribution in [0.5, 0.6) is 0 Å². The summed E-state index contributed by atoms with van der Waals surface area (Å²) in [6.45, 7) is 0.406. The van der Waals surface area contributed by atoms with Crippen molar-refractivity contribution < 1.29 is 22.4 Å². The van der Waals surface area contributed by atoms with Crippen molar-refractivity contribution in [1.29, 1.82) is 0 Å². The van der Waals surface area contributed by atoms with Crippen molar-refractivity contribution in [2.45, 2.75) is 24.0 Å². The number of furan rings is 1. The summed E-state index contributed by atoms with van der Waals surface area (Å²) >= 11 is 0.